The molecule has 0 saturated carbocycles. The monoisotopic (exact) mass is 516 g/mol. The molecule has 0 aliphatic carbocycles. The number of methoxy groups -OCH3 is 1. The molecule has 0 saturated heterocycles. The molecule has 0 radical (unpaired) electrons. The molecule has 1 atom stereocenters. The number of hydrogen-bond acceptors (Lipinski definition) is 8. The van der Waals surface area contributed by atoms with Gasteiger partial charge in [0, 0.05) is 29.5 Å². The van der Waals surface area contributed by atoms with Crippen LogP contribution in [0.25, 0.3) is 11.0 Å². The summed E-state index contributed by atoms with van der Waals surface area (Å²) in [5.74, 6) is -0.786. The maximum absolute atomic E-state index is 12.8. The van der Waals surface area contributed by atoms with E-state index in [0.29, 0.717) is 27.8 Å². The SMILES string of the molecule is CCOP(=O)(Cc1ccc(C(=O)N[C@H](Cc2cc(=O)oc3cc(OC)ccc23)C(N)=O)cc1)OCC. The second kappa shape index (κ2) is 12.0. The number of benzene rings is 2. The lowest BCUT2D eigenvalue weighted by atomic mass is 10.0. The standard InChI is InChI=1S/C25H29N2O8P/c1-4-33-36(31,34-5-2)15-16-6-8-17(9-7-16)25(30)27-21(24(26)29)12-18-13-23(28)35-22-14-19(32-3)10-11-20(18)22/h6-11,13-14,21H,4-5,12,15H2,1-3H3,(H2,26,29)(H,27,30)/t21-/m1/s1. The molecular formula is C25H29N2O8P. The molecule has 3 aromatic rings. The number of carbonyl (C=O) groups is 2. The van der Waals surface area contributed by atoms with Crippen LogP contribution in [-0.2, 0) is 31.0 Å². The van der Waals surface area contributed by atoms with Gasteiger partial charge < -0.3 is 29.3 Å². The number of nitrogens with one attached hydrogen (secondary N) is 1. The number of primary amides is 1. The minimum Gasteiger partial charge on any atom is -0.497 e. The summed E-state index contributed by atoms with van der Waals surface area (Å²) in [5.41, 5.74) is 6.67. The van der Waals surface area contributed by atoms with Crippen LogP contribution in [0.4, 0.5) is 0 Å². The van der Waals surface area contributed by atoms with E-state index in [4.69, 9.17) is 23.9 Å². The van der Waals surface area contributed by atoms with Crippen molar-refractivity contribution < 1.29 is 32.4 Å². The highest BCUT2D eigenvalue weighted by Crippen LogP contribution is 2.51. The fraction of sp³-hybridized carbons (Fsp3) is 0.320. The Bertz CT molecular complexity index is 1330. The molecule has 192 valence electrons. The zero-order valence-electron chi connectivity index (χ0n) is 20.3. The Balaban J connectivity index is 1.77. The summed E-state index contributed by atoms with van der Waals surface area (Å²) in [5, 5.41) is 3.21. The van der Waals surface area contributed by atoms with Gasteiger partial charge in [-0.1, -0.05) is 12.1 Å². The predicted octanol–water partition coefficient (Wildman–Crippen LogP) is 3.39. The Morgan fingerprint density at radius 2 is 1.72 bits per heavy atom. The number of nitrogens with two attached hydrogens (primary N) is 1. The van der Waals surface area contributed by atoms with Crippen molar-refractivity contribution in [3.05, 3.63) is 75.6 Å². The predicted molar refractivity (Wildman–Crippen MR) is 134 cm³/mol. The van der Waals surface area contributed by atoms with E-state index in [2.05, 4.69) is 5.32 Å². The van der Waals surface area contributed by atoms with Gasteiger partial charge in [0.1, 0.15) is 17.4 Å². The zero-order chi connectivity index (χ0) is 26.3. The first-order valence-electron chi connectivity index (χ1n) is 11.4. The van der Waals surface area contributed by atoms with E-state index in [1.165, 1.54) is 13.2 Å². The fourth-order valence-corrected chi connectivity index (χ4v) is 5.40. The van der Waals surface area contributed by atoms with Crippen LogP contribution >= 0.6 is 7.60 Å². The summed E-state index contributed by atoms with van der Waals surface area (Å²) in [6.45, 7) is 3.96. The minimum absolute atomic E-state index is 0.0144. The second-order valence-corrected chi connectivity index (χ2v) is 9.94. The quantitative estimate of drug-likeness (QED) is 0.275. The molecule has 0 aliphatic rings. The highest BCUT2D eigenvalue weighted by atomic mass is 31.2. The van der Waals surface area contributed by atoms with Gasteiger partial charge in [0.2, 0.25) is 5.91 Å². The molecule has 1 aromatic heterocycles. The normalized spacial score (nSPS) is 12.3. The third-order valence-corrected chi connectivity index (χ3v) is 7.41. The van der Waals surface area contributed by atoms with E-state index in [1.807, 2.05) is 0 Å². The van der Waals surface area contributed by atoms with Crippen molar-refractivity contribution in [2.24, 2.45) is 5.73 Å². The minimum atomic E-state index is -3.29. The molecule has 1 heterocycles. The molecule has 0 bridgehead atoms. The summed E-state index contributed by atoms with van der Waals surface area (Å²) in [4.78, 5) is 37.1. The summed E-state index contributed by atoms with van der Waals surface area (Å²) in [6.07, 6.45) is 0.0500. The molecule has 3 rings (SSSR count). The highest BCUT2D eigenvalue weighted by molar-refractivity contribution is 7.53. The molecule has 10 nitrogen and oxygen atoms in total. The Labute approximate surface area is 208 Å². The smallest absolute Gasteiger partial charge is 0.336 e. The van der Waals surface area contributed by atoms with Crippen molar-refractivity contribution in [3.63, 3.8) is 0 Å². The van der Waals surface area contributed by atoms with Gasteiger partial charge >= 0.3 is 13.2 Å². The molecule has 0 spiro atoms. The van der Waals surface area contributed by atoms with Gasteiger partial charge in [-0.3, -0.25) is 14.2 Å². The Morgan fingerprint density at radius 3 is 2.31 bits per heavy atom. The number of carbonyl (C=O) groups excluding carboxylic acids is 2. The van der Waals surface area contributed by atoms with Gasteiger partial charge in [-0.25, -0.2) is 4.79 Å². The van der Waals surface area contributed by atoms with E-state index in [9.17, 15) is 18.9 Å². The second-order valence-electron chi connectivity index (χ2n) is 7.89. The third-order valence-electron chi connectivity index (χ3n) is 5.35. The average molecular weight is 516 g/mol. The number of ether oxygens (including phenoxy) is 1. The van der Waals surface area contributed by atoms with Crippen LogP contribution in [0.1, 0.15) is 35.3 Å². The van der Waals surface area contributed by atoms with Gasteiger partial charge in [0.25, 0.3) is 5.91 Å². The van der Waals surface area contributed by atoms with Gasteiger partial charge in [0.15, 0.2) is 0 Å². The van der Waals surface area contributed by atoms with Crippen molar-refractivity contribution in [1.29, 1.82) is 0 Å². The van der Waals surface area contributed by atoms with E-state index < -0.39 is 31.1 Å². The number of amides is 2. The van der Waals surface area contributed by atoms with Crippen molar-refractivity contribution in [2.45, 2.75) is 32.5 Å². The molecular weight excluding hydrogens is 487 g/mol. The third kappa shape index (κ3) is 6.81. The lowest BCUT2D eigenvalue weighted by Gasteiger charge is -2.18. The molecule has 11 heteroatoms. The molecule has 0 aliphatic heterocycles. The van der Waals surface area contributed by atoms with Crippen LogP contribution < -0.4 is 21.4 Å². The van der Waals surface area contributed by atoms with Crippen LogP contribution in [0.15, 0.2) is 57.7 Å². The van der Waals surface area contributed by atoms with Gasteiger partial charge in [-0.15, -0.1) is 0 Å². The van der Waals surface area contributed by atoms with Crippen LogP contribution in [-0.4, -0.2) is 38.2 Å². The van der Waals surface area contributed by atoms with Crippen LogP contribution in [0.5, 0.6) is 5.75 Å². The largest absolute Gasteiger partial charge is 0.497 e. The Kier molecular flexibility index (Phi) is 9.03. The lowest BCUT2D eigenvalue weighted by molar-refractivity contribution is -0.119. The average Bonchev–Trinajstić information content (AvgIpc) is 2.83. The number of fused-ring (bicyclic) bond motifs is 1. The highest BCUT2D eigenvalue weighted by Gasteiger charge is 2.25. The Morgan fingerprint density at radius 1 is 1.06 bits per heavy atom. The first kappa shape index (κ1) is 27.1. The maximum Gasteiger partial charge on any atom is 0.336 e. The zero-order valence-corrected chi connectivity index (χ0v) is 21.2. The summed E-state index contributed by atoms with van der Waals surface area (Å²) < 4.78 is 33.7. The van der Waals surface area contributed by atoms with Crippen LogP contribution in [0.3, 0.4) is 0 Å². The van der Waals surface area contributed by atoms with E-state index >= 15 is 0 Å². The van der Waals surface area contributed by atoms with Crippen LogP contribution in [0.2, 0.25) is 0 Å². The molecule has 36 heavy (non-hydrogen) atoms. The summed E-state index contributed by atoms with van der Waals surface area (Å²) in [7, 11) is -1.80. The maximum atomic E-state index is 12.8. The number of hydrogen-bond donors (Lipinski definition) is 2. The van der Waals surface area contributed by atoms with Crippen molar-refractivity contribution in [2.75, 3.05) is 20.3 Å². The summed E-state index contributed by atoms with van der Waals surface area (Å²) >= 11 is 0. The van der Waals surface area contributed by atoms with E-state index in [-0.39, 0.29) is 31.4 Å². The van der Waals surface area contributed by atoms with E-state index in [1.54, 1.807) is 56.3 Å². The van der Waals surface area contributed by atoms with Crippen LogP contribution in [0, 0.1) is 0 Å². The summed E-state index contributed by atoms with van der Waals surface area (Å²) in [6, 6.07) is 11.5. The molecule has 2 amide bonds. The van der Waals surface area contributed by atoms with Gasteiger partial charge in [-0.05, 0) is 49.2 Å². The molecule has 0 unspecified atom stereocenters. The Hall–Kier alpha value is -3.46. The van der Waals surface area contributed by atoms with Crippen molar-refractivity contribution in [3.8, 4) is 5.75 Å². The first-order valence-corrected chi connectivity index (χ1v) is 13.1. The van der Waals surface area contributed by atoms with Crippen molar-refractivity contribution >= 4 is 30.4 Å². The topological polar surface area (TPSA) is 147 Å². The van der Waals surface area contributed by atoms with Gasteiger partial charge in [0.05, 0.1) is 26.5 Å². The fourth-order valence-electron chi connectivity index (χ4n) is 3.70. The first-order chi connectivity index (χ1) is 17.2. The van der Waals surface area contributed by atoms with E-state index in [0.717, 1.165) is 0 Å². The van der Waals surface area contributed by atoms with Gasteiger partial charge in [-0.2, -0.15) is 0 Å². The molecule has 3 N–H and O–H groups in total. The number of rotatable bonds is 12. The molecule has 0 fully saturated rings. The lowest BCUT2D eigenvalue weighted by Crippen LogP contribution is -2.46. The van der Waals surface area contributed by atoms with Crippen molar-refractivity contribution in [1.82, 2.24) is 5.32 Å². The molecule has 2 aromatic carbocycles.